The molecule has 0 aliphatic rings. The average Bonchev–Trinajstić information content (AvgIpc) is 4.23. The molecule has 6 amide bonds. The van der Waals surface area contributed by atoms with E-state index in [0.29, 0.717) is 71.7 Å². The smallest absolute Gasteiger partial charge is 0.291 e. The molecule has 6 aromatic heterocycles. The first kappa shape index (κ1) is 55.6. The van der Waals surface area contributed by atoms with Gasteiger partial charge in [-0.05, 0) is 91.2 Å². The van der Waals surface area contributed by atoms with Gasteiger partial charge < -0.3 is 69.1 Å². The van der Waals surface area contributed by atoms with Crippen molar-refractivity contribution in [2.24, 2.45) is 28.2 Å². The number of imidazole rings is 2. The minimum Gasteiger partial charge on any atom is -0.351 e. The Bertz CT molecular complexity index is 2660. The van der Waals surface area contributed by atoms with Gasteiger partial charge in [0.1, 0.15) is 22.8 Å². The zero-order chi connectivity index (χ0) is 53.3. The highest BCUT2D eigenvalue weighted by Gasteiger charge is 2.22. The second-order valence-corrected chi connectivity index (χ2v) is 19.3. The molecule has 6 N–H and O–H groups in total. The van der Waals surface area contributed by atoms with Crippen molar-refractivity contribution in [3.8, 4) is 0 Å². The van der Waals surface area contributed by atoms with E-state index in [9.17, 15) is 28.8 Å². The highest BCUT2D eigenvalue weighted by Crippen LogP contribution is 2.23. The maximum atomic E-state index is 13.8. The van der Waals surface area contributed by atoms with Gasteiger partial charge in [-0.25, -0.2) is 9.97 Å². The van der Waals surface area contributed by atoms with Crippen LogP contribution >= 0.6 is 0 Å². The van der Waals surface area contributed by atoms with Crippen LogP contribution < -0.4 is 31.9 Å². The van der Waals surface area contributed by atoms with E-state index in [1.165, 1.54) is 0 Å². The normalized spacial score (nSPS) is 11.3. The molecular weight excluding hydrogens is 945 g/mol. The van der Waals surface area contributed by atoms with Crippen molar-refractivity contribution in [1.82, 2.24) is 57.8 Å². The fourth-order valence-corrected chi connectivity index (χ4v) is 8.56. The van der Waals surface area contributed by atoms with Crippen LogP contribution in [0.1, 0.15) is 127 Å². The van der Waals surface area contributed by atoms with Crippen LogP contribution in [0.25, 0.3) is 0 Å². The predicted molar refractivity (Wildman–Crippen MR) is 286 cm³/mol. The molecule has 0 aliphatic heterocycles. The molecule has 0 saturated heterocycles. The Hall–Kier alpha value is -7.72. The average molecular weight is 1020 g/mol. The number of carbonyl (C=O) groups excluding carboxylic acids is 6. The number of hydrogen-bond acceptors (Lipinski definition) is 10. The van der Waals surface area contributed by atoms with E-state index in [0.717, 1.165) is 77.3 Å². The van der Waals surface area contributed by atoms with E-state index in [1.807, 2.05) is 37.3 Å². The summed E-state index contributed by atoms with van der Waals surface area (Å²) in [5.41, 5.74) is 3.45. The van der Waals surface area contributed by atoms with Crippen LogP contribution in [0.3, 0.4) is 0 Å². The van der Waals surface area contributed by atoms with Crippen molar-refractivity contribution >= 4 is 58.2 Å². The molecule has 398 valence electrons. The second-order valence-electron chi connectivity index (χ2n) is 19.3. The number of aromatic nitrogens is 8. The first-order valence-electron chi connectivity index (χ1n) is 25.3. The third-order valence-corrected chi connectivity index (χ3v) is 12.5. The molecule has 22 nitrogen and oxygen atoms in total. The number of amides is 6. The highest BCUT2D eigenvalue weighted by molar-refractivity contribution is 6.08. The van der Waals surface area contributed by atoms with Gasteiger partial charge in [-0.15, -0.1) is 0 Å². The van der Waals surface area contributed by atoms with E-state index in [-0.39, 0.29) is 35.3 Å². The fraction of sp³-hybridized carbons (Fsp3) is 0.462. The van der Waals surface area contributed by atoms with Gasteiger partial charge >= 0.3 is 0 Å². The summed E-state index contributed by atoms with van der Waals surface area (Å²) in [5.74, 6) is -1.51. The molecule has 6 heterocycles. The van der Waals surface area contributed by atoms with Crippen LogP contribution in [0.15, 0.2) is 73.8 Å². The highest BCUT2D eigenvalue weighted by atomic mass is 16.2. The van der Waals surface area contributed by atoms with Gasteiger partial charge in [-0.1, -0.05) is 38.5 Å². The molecule has 0 aromatic carbocycles. The molecule has 6 rings (SSSR count). The summed E-state index contributed by atoms with van der Waals surface area (Å²) < 4.78 is 10.3. The number of unbranched alkanes of at least 4 members (excludes halogenated alkanes) is 7. The quantitative estimate of drug-likeness (QED) is 0.0317. The summed E-state index contributed by atoms with van der Waals surface area (Å²) in [6.07, 6.45) is 22.5. The molecular formula is C52H74N16O6. The SMILES string of the molecule is CN(C)CCCNC(=O)c1cc(NC(=O)c2cc(NC(=O)c3nccn3C)cn2CCCCCCCCCCn2cc(NC(=O)c3nccn3C)cc2C(=O)Nc2cc(C(=O)NCCCN(C)C)n(C)c2)cn1C. The molecule has 0 saturated carbocycles. The maximum Gasteiger partial charge on any atom is 0.291 e. The summed E-state index contributed by atoms with van der Waals surface area (Å²) >= 11 is 0. The molecule has 0 fully saturated rings. The predicted octanol–water partition coefficient (Wildman–Crippen LogP) is 5.63. The van der Waals surface area contributed by atoms with E-state index < -0.39 is 11.8 Å². The van der Waals surface area contributed by atoms with Crippen molar-refractivity contribution in [3.63, 3.8) is 0 Å². The lowest BCUT2D eigenvalue weighted by molar-refractivity contribution is 0.0936. The van der Waals surface area contributed by atoms with E-state index in [1.54, 1.807) is 120 Å². The van der Waals surface area contributed by atoms with Crippen molar-refractivity contribution < 1.29 is 28.8 Å². The molecule has 0 atom stereocenters. The largest absolute Gasteiger partial charge is 0.351 e. The van der Waals surface area contributed by atoms with E-state index in [4.69, 9.17) is 0 Å². The molecule has 22 heteroatoms. The Morgan fingerprint density at radius 3 is 1.11 bits per heavy atom. The molecule has 74 heavy (non-hydrogen) atoms. The Labute approximate surface area is 432 Å². The maximum absolute atomic E-state index is 13.8. The minimum absolute atomic E-state index is 0.226. The lowest BCUT2D eigenvalue weighted by atomic mass is 10.1. The minimum atomic E-state index is -0.397. The van der Waals surface area contributed by atoms with Crippen LogP contribution in [0.5, 0.6) is 0 Å². The third-order valence-electron chi connectivity index (χ3n) is 12.5. The van der Waals surface area contributed by atoms with Gasteiger partial charge in [0.25, 0.3) is 35.4 Å². The van der Waals surface area contributed by atoms with Gasteiger partial charge in [-0.2, -0.15) is 0 Å². The van der Waals surface area contributed by atoms with Gasteiger partial charge in [0.05, 0.1) is 22.7 Å². The number of nitrogens with one attached hydrogen (secondary N) is 6. The monoisotopic (exact) mass is 1020 g/mol. The molecule has 0 radical (unpaired) electrons. The Kier molecular flexibility index (Phi) is 20.2. The van der Waals surface area contributed by atoms with Crippen molar-refractivity contribution in [2.45, 2.75) is 77.3 Å². The lowest BCUT2D eigenvalue weighted by Gasteiger charge is -2.10. The van der Waals surface area contributed by atoms with Gasteiger partial charge in [0.2, 0.25) is 0 Å². The number of anilines is 4. The number of hydrogen-bond donors (Lipinski definition) is 6. The molecule has 0 unspecified atom stereocenters. The molecule has 0 spiro atoms. The van der Waals surface area contributed by atoms with Crippen molar-refractivity contribution in [2.75, 3.05) is 75.6 Å². The third kappa shape index (κ3) is 15.9. The summed E-state index contributed by atoms with van der Waals surface area (Å²) in [5, 5.41) is 17.5. The van der Waals surface area contributed by atoms with Crippen LogP contribution in [-0.2, 0) is 41.3 Å². The fourth-order valence-electron chi connectivity index (χ4n) is 8.56. The second kappa shape index (κ2) is 26.8. The zero-order valence-electron chi connectivity index (χ0n) is 44.2. The zero-order valence-corrected chi connectivity index (χ0v) is 44.2. The standard InChI is InChI=1S/C52H74N16O6/c1-61(2)23-17-19-55-47(69)41-29-37(33-65(41)7)57-49(71)43-31-39(59-51(73)45-53-21-27-63(45)5)35-67(43)25-15-13-11-9-10-12-14-16-26-68-36-40(60-52(74)46-54-22-28-64(46)6)32-44(68)50(72)58-38-30-42(66(8)34-38)48(70)56-20-18-24-62(3)4/h21-22,27-36H,9-20,23-26H2,1-8H3,(H,55,69)(H,56,70)(H,57,71)(H,58,72)(H,59,73)(H,60,74). The lowest BCUT2D eigenvalue weighted by Crippen LogP contribution is -2.28. The number of rotatable bonds is 29. The van der Waals surface area contributed by atoms with Crippen molar-refractivity contribution in [3.05, 3.63) is 108 Å². The summed E-state index contributed by atoms with van der Waals surface area (Å²) in [6, 6.07) is 6.60. The van der Waals surface area contributed by atoms with E-state index >= 15 is 0 Å². The number of aryl methyl sites for hydroxylation is 6. The number of nitrogens with zero attached hydrogens (tertiary/aromatic N) is 10. The molecule has 6 aromatic rings. The van der Waals surface area contributed by atoms with Crippen LogP contribution in [-0.4, -0.2) is 137 Å². The molecule has 0 aliphatic carbocycles. The van der Waals surface area contributed by atoms with Crippen LogP contribution in [0.2, 0.25) is 0 Å². The van der Waals surface area contributed by atoms with Crippen LogP contribution in [0, 0.1) is 0 Å². The summed E-state index contributed by atoms with van der Waals surface area (Å²) in [7, 11) is 14.9. The van der Waals surface area contributed by atoms with Gasteiger partial charge in [-0.3, -0.25) is 28.8 Å². The summed E-state index contributed by atoms with van der Waals surface area (Å²) in [4.78, 5) is 92.0. The Morgan fingerprint density at radius 1 is 0.419 bits per heavy atom. The number of carbonyl (C=O) groups is 6. The van der Waals surface area contributed by atoms with Gasteiger partial charge in [0.15, 0.2) is 11.6 Å². The van der Waals surface area contributed by atoms with Crippen molar-refractivity contribution in [1.29, 1.82) is 0 Å². The Morgan fingerprint density at radius 2 is 0.757 bits per heavy atom. The first-order valence-corrected chi connectivity index (χ1v) is 25.3. The van der Waals surface area contributed by atoms with Crippen LogP contribution in [0.4, 0.5) is 22.7 Å². The van der Waals surface area contributed by atoms with Gasteiger partial charge in [0, 0.05) is 104 Å². The molecule has 0 bridgehead atoms. The first-order chi connectivity index (χ1) is 35.5. The summed E-state index contributed by atoms with van der Waals surface area (Å²) in [6.45, 7) is 3.86. The van der Waals surface area contributed by atoms with E-state index in [2.05, 4.69) is 51.7 Å². The topological polar surface area (TPSA) is 236 Å². The Balaban J connectivity index is 0.996.